The van der Waals surface area contributed by atoms with Gasteiger partial charge >= 0.3 is 0 Å². The quantitative estimate of drug-likeness (QED) is 0.489. The zero-order chi connectivity index (χ0) is 21.8. The number of rotatable bonds is 5. The summed E-state index contributed by atoms with van der Waals surface area (Å²) in [7, 11) is 0. The van der Waals surface area contributed by atoms with Gasteiger partial charge in [-0.1, -0.05) is 96.3 Å². The summed E-state index contributed by atoms with van der Waals surface area (Å²) in [4.78, 5) is 15.0. The third kappa shape index (κ3) is 7.88. The normalized spacial score (nSPS) is 23.8. The van der Waals surface area contributed by atoms with Crippen molar-refractivity contribution in [3.8, 4) is 0 Å². The van der Waals surface area contributed by atoms with Gasteiger partial charge in [0.25, 0.3) is 0 Å². The minimum atomic E-state index is 0.495. The zero-order valence-corrected chi connectivity index (χ0v) is 20.4. The Morgan fingerprint density at radius 2 is 0.750 bits per heavy atom. The molecule has 2 N–H and O–H groups in total. The van der Waals surface area contributed by atoms with Gasteiger partial charge in [0.05, 0.1) is 0 Å². The van der Waals surface area contributed by atoms with Crippen LogP contribution in [0.4, 0.5) is 11.9 Å². The molecule has 0 atom stereocenters. The van der Waals surface area contributed by atoms with E-state index in [0.717, 1.165) is 17.7 Å². The highest BCUT2D eigenvalue weighted by molar-refractivity contribution is 5.36. The van der Waals surface area contributed by atoms with Gasteiger partial charge in [-0.15, -0.1) is 0 Å². The summed E-state index contributed by atoms with van der Waals surface area (Å²) in [6, 6.07) is 1.02. The molecule has 0 aliphatic heterocycles. The van der Waals surface area contributed by atoms with Crippen molar-refractivity contribution in [2.45, 2.75) is 153 Å². The SMILES string of the molecule is C1CCCC(Nc2nc(NC3CCCCCCC3)nc(C3CCCCCCC3)n2)CCC1. The molecule has 3 aliphatic rings. The third-order valence-corrected chi connectivity index (χ3v) is 8.00. The van der Waals surface area contributed by atoms with Gasteiger partial charge in [-0.2, -0.15) is 15.0 Å². The lowest BCUT2D eigenvalue weighted by molar-refractivity contribution is 0.440. The first-order valence-electron chi connectivity index (χ1n) is 14.2. The molecule has 1 heterocycles. The average molecular weight is 442 g/mol. The van der Waals surface area contributed by atoms with Crippen LogP contribution in [0.1, 0.15) is 147 Å². The van der Waals surface area contributed by atoms with Gasteiger partial charge in [0.15, 0.2) is 0 Å². The Hall–Kier alpha value is -1.39. The molecule has 180 valence electrons. The van der Waals surface area contributed by atoms with Crippen LogP contribution in [-0.2, 0) is 0 Å². The fourth-order valence-corrected chi connectivity index (χ4v) is 5.98. The molecular formula is C27H47N5. The molecule has 5 heteroatoms. The molecule has 0 radical (unpaired) electrons. The van der Waals surface area contributed by atoms with Crippen LogP contribution in [0.15, 0.2) is 0 Å². The predicted octanol–water partition coefficient (Wildman–Crippen LogP) is 7.75. The number of hydrogen-bond acceptors (Lipinski definition) is 5. The van der Waals surface area contributed by atoms with Gasteiger partial charge in [0, 0.05) is 18.0 Å². The Morgan fingerprint density at radius 3 is 1.16 bits per heavy atom. The first-order valence-corrected chi connectivity index (χ1v) is 14.2. The van der Waals surface area contributed by atoms with E-state index in [9.17, 15) is 0 Å². The van der Waals surface area contributed by atoms with Gasteiger partial charge in [0.2, 0.25) is 11.9 Å². The maximum absolute atomic E-state index is 5.03. The third-order valence-electron chi connectivity index (χ3n) is 8.00. The van der Waals surface area contributed by atoms with E-state index in [0.29, 0.717) is 18.0 Å². The highest BCUT2D eigenvalue weighted by Crippen LogP contribution is 2.30. The maximum atomic E-state index is 5.03. The molecule has 3 fully saturated rings. The highest BCUT2D eigenvalue weighted by atomic mass is 15.2. The molecule has 3 aliphatic carbocycles. The van der Waals surface area contributed by atoms with Crippen molar-refractivity contribution in [2.24, 2.45) is 0 Å². The van der Waals surface area contributed by atoms with E-state index >= 15 is 0 Å². The van der Waals surface area contributed by atoms with Crippen LogP contribution in [-0.4, -0.2) is 27.0 Å². The van der Waals surface area contributed by atoms with Crippen LogP contribution in [0, 0.1) is 0 Å². The monoisotopic (exact) mass is 441 g/mol. The number of anilines is 2. The lowest BCUT2D eigenvalue weighted by Gasteiger charge is -2.25. The summed E-state index contributed by atoms with van der Waals surface area (Å²) < 4.78 is 0. The molecule has 0 saturated heterocycles. The van der Waals surface area contributed by atoms with E-state index < -0.39 is 0 Å². The number of nitrogens with one attached hydrogen (secondary N) is 2. The van der Waals surface area contributed by atoms with Crippen molar-refractivity contribution < 1.29 is 0 Å². The average Bonchev–Trinajstić information content (AvgIpc) is 2.71. The number of nitrogens with zero attached hydrogens (tertiary/aromatic N) is 3. The number of aromatic nitrogens is 3. The molecule has 3 saturated carbocycles. The molecule has 4 rings (SSSR count). The Labute approximate surface area is 196 Å². The van der Waals surface area contributed by atoms with Crippen molar-refractivity contribution in [1.29, 1.82) is 0 Å². The van der Waals surface area contributed by atoms with Gasteiger partial charge in [-0.3, -0.25) is 0 Å². The standard InChI is InChI=1S/C27H47N5/c1-4-10-16-22(17-11-5-1)25-30-26(28-23-18-12-6-2-7-13-19-23)32-27(31-25)29-24-20-14-8-3-9-15-21-24/h22-24H,1-21H2,(H2,28,29,30,31,32). The van der Waals surface area contributed by atoms with E-state index in [1.165, 1.54) is 135 Å². The van der Waals surface area contributed by atoms with Crippen LogP contribution in [0.25, 0.3) is 0 Å². The fraction of sp³-hybridized carbons (Fsp3) is 0.889. The van der Waals surface area contributed by atoms with Crippen LogP contribution in [0.5, 0.6) is 0 Å². The molecule has 1 aromatic heterocycles. The second kappa shape index (κ2) is 13.3. The van der Waals surface area contributed by atoms with Crippen molar-refractivity contribution in [3.63, 3.8) is 0 Å². The highest BCUT2D eigenvalue weighted by Gasteiger charge is 2.21. The van der Waals surface area contributed by atoms with Gasteiger partial charge < -0.3 is 10.6 Å². The Morgan fingerprint density at radius 1 is 0.406 bits per heavy atom. The summed E-state index contributed by atoms with van der Waals surface area (Å²) >= 11 is 0. The molecule has 0 aromatic carbocycles. The van der Waals surface area contributed by atoms with Gasteiger partial charge in [-0.05, 0) is 38.5 Å². The topological polar surface area (TPSA) is 62.7 Å². The first kappa shape index (κ1) is 23.8. The number of hydrogen-bond donors (Lipinski definition) is 2. The summed E-state index contributed by atoms with van der Waals surface area (Å²) in [5, 5.41) is 7.51. The summed E-state index contributed by atoms with van der Waals surface area (Å²) in [5.74, 6) is 3.20. The largest absolute Gasteiger partial charge is 0.351 e. The molecule has 0 spiro atoms. The molecule has 32 heavy (non-hydrogen) atoms. The van der Waals surface area contributed by atoms with E-state index in [1.807, 2.05) is 0 Å². The molecule has 1 aromatic rings. The first-order chi connectivity index (χ1) is 15.9. The second-order valence-corrected chi connectivity index (χ2v) is 10.8. The molecule has 0 unspecified atom stereocenters. The second-order valence-electron chi connectivity index (χ2n) is 10.8. The van der Waals surface area contributed by atoms with Crippen LogP contribution < -0.4 is 10.6 Å². The van der Waals surface area contributed by atoms with Crippen LogP contribution in [0.3, 0.4) is 0 Å². The molecule has 5 nitrogen and oxygen atoms in total. The van der Waals surface area contributed by atoms with E-state index in [-0.39, 0.29) is 0 Å². The smallest absolute Gasteiger partial charge is 0.227 e. The lowest BCUT2D eigenvalue weighted by Crippen LogP contribution is -2.26. The molecular weight excluding hydrogens is 394 g/mol. The summed E-state index contributed by atoms with van der Waals surface area (Å²) in [5.41, 5.74) is 0. The maximum Gasteiger partial charge on any atom is 0.227 e. The predicted molar refractivity (Wildman–Crippen MR) is 134 cm³/mol. The van der Waals surface area contributed by atoms with Crippen molar-refractivity contribution in [1.82, 2.24) is 15.0 Å². The molecule has 0 amide bonds. The lowest BCUT2D eigenvalue weighted by atomic mass is 9.90. The zero-order valence-electron chi connectivity index (χ0n) is 20.4. The Bertz CT molecular complexity index is 597. The van der Waals surface area contributed by atoms with E-state index in [2.05, 4.69) is 10.6 Å². The van der Waals surface area contributed by atoms with E-state index in [1.54, 1.807) is 0 Å². The fourth-order valence-electron chi connectivity index (χ4n) is 5.98. The van der Waals surface area contributed by atoms with Crippen molar-refractivity contribution in [2.75, 3.05) is 10.6 Å². The van der Waals surface area contributed by atoms with E-state index in [4.69, 9.17) is 15.0 Å². The van der Waals surface area contributed by atoms with Crippen molar-refractivity contribution >= 4 is 11.9 Å². The van der Waals surface area contributed by atoms with Crippen molar-refractivity contribution in [3.05, 3.63) is 5.82 Å². The Kier molecular flexibility index (Phi) is 9.91. The Balaban J connectivity index is 1.50. The van der Waals surface area contributed by atoms with Gasteiger partial charge in [-0.25, -0.2) is 0 Å². The summed E-state index contributed by atoms with van der Waals surface area (Å²) in [6.45, 7) is 0. The van der Waals surface area contributed by atoms with Gasteiger partial charge in [0.1, 0.15) is 5.82 Å². The van der Waals surface area contributed by atoms with Crippen LogP contribution in [0.2, 0.25) is 0 Å². The van der Waals surface area contributed by atoms with Crippen LogP contribution >= 0.6 is 0 Å². The summed E-state index contributed by atoms with van der Waals surface area (Å²) in [6.07, 6.45) is 27.8. The minimum absolute atomic E-state index is 0.495. The molecule has 0 bridgehead atoms. The minimum Gasteiger partial charge on any atom is -0.351 e.